The molecule has 0 aliphatic carbocycles. The van der Waals surface area contributed by atoms with Crippen molar-refractivity contribution in [3.05, 3.63) is 77.1 Å². The van der Waals surface area contributed by atoms with Crippen molar-refractivity contribution in [3.8, 4) is 22.4 Å². The Balaban J connectivity index is 1.77. The second kappa shape index (κ2) is 9.59. The quantitative estimate of drug-likeness (QED) is 0.420. The van der Waals surface area contributed by atoms with Gasteiger partial charge in [0.25, 0.3) is 5.91 Å². The lowest BCUT2D eigenvalue weighted by molar-refractivity contribution is 0.0687. The maximum Gasteiger partial charge on any atom is 0.354 e. The van der Waals surface area contributed by atoms with E-state index in [9.17, 15) is 23.5 Å². The number of carbonyl (C=O) groups excluding carboxylic acids is 1. The fourth-order valence-corrected chi connectivity index (χ4v) is 3.72. The van der Waals surface area contributed by atoms with Crippen molar-refractivity contribution < 1.29 is 23.5 Å². The number of aryl methyl sites for hydroxylation is 1. The molecule has 10 heteroatoms. The zero-order valence-electron chi connectivity index (χ0n) is 19.3. The average molecular weight is 479 g/mol. The Labute approximate surface area is 199 Å². The van der Waals surface area contributed by atoms with Crippen molar-refractivity contribution in [1.82, 2.24) is 24.8 Å². The van der Waals surface area contributed by atoms with Crippen LogP contribution in [0.3, 0.4) is 0 Å². The number of aromatic carboxylic acids is 1. The number of hydrogen-bond acceptors (Lipinski definition) is 5. The van der Waals surface area contributed by atoms with Gasteiger partial charge in [-0.25, -0.2) is 23.1 Å². The topological polar surface area (TPSA) is 99.8 Å². The second-order valence-electron chi connectivity index (χ2n) is 8.29. The van der Waals surface area contributed by atoms with Gasteiger partial charge in [0.1, 0.15) is 11.6 Å². The van der Waals surface area contributed by atoms with Gasteiger partial charge in [0.05, 0.1) is 17.0 Å². The molecule has 4 aromatic rings. The first-order valence-corrected chi connectivity index (χ1v) is 10.8. The molecule has 180 valence electrons. The highest BCUT2D eigenvalue weighted by atomic mass is 19.1. The molecule has 2 aromatic heterocycles. The zero-order chi connectivity index (χ0) is 25.3. The molecule has 2 aromatic carbocycles. The van der Waals surface area contributed by atoms with Crippen molar-refractivity contribution in [1.29, 1.82) is 0 Å². The van der Waals surface area contributed by atoms with E-state index in [2.05, 4.69) is 15.4 Å². The van der Waals surface area contributed by atoms with Gasteiger partial charge in [0.2, 0.25) is 0 Å². The fourth-order valence-electron chi connectivity index (χ4n) is 3.72. The molecule has 0 fully saturated rings. The Morgan fingerprint density at radius 1 is 1.09 bits per heavy atom. The highest BCUT2D eigenvalue weighted by Gasteiger charge is 2.22. The predicted octanol–water partition coefficient (Wildman–Crippen LogP) is 3.64. The molecule has 0 spiro atoms. The van der Waals surface area contributed by atoms with Gasteiger partial charge >= 0.3 is 5.97 Å². The van der Waals surface area contributed by atoms with Crippen LogP contribution in [0.2, 0.25) is 0 Å². The molecule has 2 heterocycles. The van der Waals surface area contributed by atoms with Crippen LogP contribution in [-0.2, 0) is 0 Å². The summed E-state index contributed by atoms with van der Waals surface area (Å²) >= 11 is 0. The third-order valence-corrected chi connectivity index (χ3v) is 5.47. The van der Waals surface area contributed by atoms with E-state index in [1.54, 1.807) is 31.2 Å². The summed E-state index contributed by atoms with van der Waals surface area (Å²) in [7, 11) is 3.82. The van der Waals surface area contributed by atoms with Gasteiger partial charge in [-0.3, -0.25) is 4.79 Å². The van der Waals surface area contributed by atoms with E-state index < -0.39 is 17.6 Å². The minimum Gasteiger partial charge on any atom is -0.477 e. The van der Waals surface area contributed by atoms with Gasteiger partial charge in [0.15, 0.2) is 11.3 Å². The van der Waals surface area contributed by atoms with Gasteiger partial charge in [-0.15, -0.1) is 0 Å². The predicted molar refractivity (Wildman–Crippen MR) is 126 cm³/mol. The maximum atomic E-state index is 14.6. The summed E-state index contributed by atoms with van der Waals surface area (Å²) in [6, 6.07) is 11.1. The average Bonchev–Trinajstić information content (AvgIpc) is 3.13. The number of aromatic nitrogens is 3. The Morgan fingerprint density at radius 2 is 1.80 bits per heavy atom. The lowest BCUT2D eigenvalue weighted by Gasteiger charge is -2.11. The SMILES string of the molecule is Cc1nn2c(C(=O)O)cc(-c3ccc(C(=O)NCCN(C)C)cc3)nc2c1-c1ccc(F)cc1F. The molecule has 8 nitrogen and oxygen atoms in total. The minimum absolute atomic E-state index is 0.0598. The molecule has 0 saturated carbocycles. The fraction of sp³-hybridized carbons (Fsp3) is 0.200. The smallest absolute Gasteiger partial charge is 0.354 e. The lowest BCUT2D eigenvalue weighted by Crippen LogP contribution is -2.31. The molecule has 0 saturated heterocycles. The number of likely N-dealkylation sites (N-methyl/N-ethyl adjacent to an activating group) is 1. The molecule has 0 bridgehead atoms. The van der Waals surface area contributed by atoms with Crippen molar-refractivity contribution in [2.24, 2.45) is 0 Å². The second-order valence-corrected chi connectivity index (χ2v) is 8.29. The molecule has 0 atom stereocenters. The molecule has 0 aliphatic heterocycles. The van der Waals surface area contributed by atoms with E-state index in [1.165, 1.54) is 12.1 Å². The van der Waals surface area contributed by atoms with Crippen LogP contribution in [0, 0.1) is 18.6 Å². The molecular weight excluding hydrogens is 456 g/mol. The number of carboxylic acid groups (broad SMARTS) is 1. The van der Waals surface area contributed by atoms with Crippen molar-refractivity contribution in [2.45, 2.75) is 6.92 Å². The van der Waals surface area contributed by atoms with E-state index >= 15 is 0 Å². The molecule has 4 rings (SSSR count). The number of halogens is 2. The normalized spacial score (nSPS) is 11.3. The largest absolute Gasteiger partial charge is 0.477 e. The molecular formula is C25H23F2N5O3. The summed E-state index contributed by atoms with van der Waals surface area (Å²) in [6.07, 6.45) is 0. The monoisotopic (exact) mass is 479 g/mol. The number of carbonyl (C=O) groups is 2. The zero-order valence-corrected chi connectivity index (χ0v) is 19.3. The number of carboxylic acids is 1. The maximum absolute atomic E-state index is 14.6. The molecule has 2 N–H and O–H groups in total. The first kappa shape index (κ1) is 24.0. The number of fused-ring (bicyclic) bond motifs is 1. The van der Waals surface area contributed by atoms with Crippen LogP contribution in [0.1, 0.15) is 26.5 Å². The number of amides is 1. The van der Waals surface area contributed by atoms with E-state index in [1.807, 2.05) is 19.0 Å². The van der Waals surface area contributed by atoms with Crippen LogP contribution >= 0.6 is 0 Å². The summed E-state index contributed by atoms with van der Waals surface area (Å²) < 4.78 is 29.2. The number of benzene rings is 2. The summed E-state index contributed by atoms with van der Waals surface area (Å²) in [4.78, 5) is 30.9. The number of nitrogens with zero attached hydrogens (tertiary/aromatic N) is 4. The molecule has 0 radical (unpaired) electrons. The van der Waals surface area contributed by atoms with Crippen LogP contribution < -0.4 is 5.32 Å². The molecule has 0 unspecified atom stereocenters. The van der Waals surface area contributed by atoms with Gasteiger partial charge < -0.3 is 15.3 Å². The number of rotatable bonds is 7. The van der Waals surface area contributed by atoms with Crippen molar-refractivity contribution in [2.75, 3.05) is 27.2 Å². The van der Waals surface area contributed by atoms with Crippen LogP contribution in [0.4, 0.5) is 8.78 Å². The standard InChI is InChI=1S/C25H23F2N5O3/c1-14-22(18-9-8-17(26)12-19(18)27)23-29-20(13-21(25(34)35)32(23)30-14)15-4-6-16(7-5-15)24(33)28-10-11-31(2)3/h4-9,12-13H,10-11H2,1-3H3,(H,28,33)(H,34,35). The van der Waals surface area contributed by atoms with Crippen molar-refractivity contribution in [3.63, 3.8) is 0 Å². The van der Waals surface area contributed by atoms with Gasteiger partial charge in [-0.2, -0.15) is 5.10 Å². The van der Waals surface area contributed by atoms with Gasteiger partial charge in [0, 0.05) is 35.8 Å². The van der Waals surface area contributed by atoms with Crippen molar-refractivity contribution >= 4 is 17.5 Å². The Kier molecular flexibility index (Phi) is 6.57. The van der Waals surface area contributed by atoms with Crippen LogP contribution in [0.25, 0.3) is 28.0 Å². The van der Waals surface area contributed by atoms with Crippen LogP contribution in [-0.4, -0.2) is 63.7 Å². The summed E-state index contributed by atoms with van der Waals surface area (Å²) in [5.41, 5.74) is 1.92. The number of nitrogens with one attached hydrogen (secondary N) is 1. The van der Waals surface area contributed by atoms with E-state index in [-0.39, 0.29) is 28.4 Å². The lowest BCUT2D eigenvalue weighted by atomic mass is 10.0. The Hall–Kier alpha value is -4.18. The third-order valence-electron chi connectivity index (χ3n) is 5.47. The summed E-state index contributed by atoms with van der Waals surface area (Å²) in [5.74, 6) is -3.01. The summed E-state index contributed by atoms with van der Waals surface area (Å²) in [6.45, 7) is 2.80. The van der Waals surface area contributed by atoms with Crippen LogP contribution in [0.15, 0.2) is 48.5 Å². The van der Waals surface area contributed by atoms with E-state index in [0.29, 0.717) is 35.6 Å². The highest BCUT2D eigenvalue weighted by molar-refractivity contribution is 5.95. The Bertz CT molecular complexity index is 1430. The first-order valence-electron chi connectivity index (χ1n) is 10.8. The van der Waals surface area contributed by atoms with Crippen LogP contribution in [0.5, 0.6) is 0 Å². The third kappa shape index (κ3) is 4.87. The van der Waals surface area contributed by atoms with Gasteiger partial charge in [-0.1, -0.05) is 12.1 Å². The van der Waals surface area contributed by atoms with Gasteiger partial charge in [-0.05, 0) is 51.4 Å². The number of hydrogen-bond donors (Lipinski definition) is 2. The summed E-state index contributed by atoms with van der Waals surface area (Å²) in [5, 5.41) is 16.9. The molecule has 35 heavy (non-hydrogen) atoms. The molecule has 1 amide bonds. The van der Waals surface area contributed by atoms with E-state index in [0.717, 1.165) is 16.6 Å². The molecule has 0 aliphatic rings. The minimum atomic E-state index is -1.25. The van der Waals surface area contributed by atoms with E-state index in [4.69, 9.17) is 0 Å². The first-order chi connectivity index (χ1) is 16.7. The Morgan fingerprint density at radius 3 is 2.43 bits per heavy atom. The highest BCUT2D eigenvalue weighted by Crippen LogP contribution is 2.32.